The molecule has 1 amide bonds. The van der Waals surface area contributed by atoms with E-state index in [2.05, 4.69) is 10.3 Å². The van der Waals surface area contributed by atoms with E-state index in [0.29, 0.717) is 5.56 Å². The molecule has 0 saturated heterocycles. The lowest BCUT2D eigenvalue weighted by atomic mass is 10.1. The Kier molecular flexibility index (Phi) is 3.50. The third-order valence-corrected chi connectivity index (χ3v) is 2.57. The molecule has 1 aromatic carbocycles. The standard InChI is InChI=1S/C14H14N2O/c1-11(13-8-5-9-15-10-13)16-14(17)12-6-3-2-4-7-12/h2-11H,1H3,(H,16,17)/t11-/m0/s1. The molecule has 0 fully saturated rings. The van der Waals surface area contributed by atoms with Crippen LogP contribution in [0.4, 0.5) is 0 Å². The molecule has 1 atom stereocenters. The van der Waals surface area contributed by atoms with Crippen molar-refractivity contribution in [3.63, 3.8) is 0 Å². The second kappa shape index (κ2) is 5.25. The minimum atomic E-state index is -0.0676. The number of benzene rings is 1. The highest BCUT2D eigenvalue weighted by Gasteiger charge is 2.10. The van der Waals surface area contributed by atoms with Crippen LogP contribution in [0, 0.1) is 0 Å². The smallest absolute Gasteiger partial charge is 0.251 e. The fourth-order valence-electron chi connectivity index (χ4n) is 1.58. The van der Waals surface area contributed by atoms with E-state index in [9.17, 15) is 4.79 Å². The first-order valence-electron chi connectivity index (χ1n) is 5.53. The first-order valence-corrected chi connectivity index (χ1v) is 5.53. The Bertz CT molecular complexity index is 482. The molecule has 86 valence electrons. The lowest BCUT2D eigenvalue weighted by Gasteiger charge is -2.13. The number of hydrogen-bond donors (Lipinski definition) is 1. The van der Waals surface area contributed by atoms with Crippen LogP contribution in [0.5, 0.6) is 0 Å². The lowest BCUT2D eigenvalue weighted by molar-refractivity contribution is 0.0940. The molecule has 0 unspecified atom stereocenters. The van der Waals surface area contributed by atoms with Gasteiger partial charge in [-0.05, 0) is 30.7 Å². The summed E-state index contributed by atoms with van der Waals surface area (Å²) in [5.74, 6) is -0.0676. The van der Waals surface area contributed by atoms with Crippen LogP contribution >= 0.6 is 0 Å². The summed E-state index contributed by atoms with van der Waals surface area (Å²) in [6.45, 7) is 1.94. The molecule has 1 heterocycles. The average Bonchev–Trinajstić information content (AvgIpc) is 2.40. The number of rotatable bonds is 3. The van der Waals surface area contributed by atoms with Gasteiger partial charge in [-0.1, -0.05) is 24.3 Å². The topological polar surface area (TPSA) is 42.0 Å². The van der Waals surface area contributed by atoms with E-state index in [-0.39, 0.29) is 11.9 Å². The second-order valence-corrected chi connectivity index (χ2v) is 3.85. The van der Waals surface area contributed by atoms with Gasteiger partial charge in [0.25, 0.3) is 5.91 Å². The molecule has 0 aliphatic rings. The SMILES string of the molecule is C[C@H](NC(=O)c1ccccc1)c1cccnc1. The Labute approximate surface area is 101 Å². The van der Waals surface area contributed by atoms with Gasteiger partial charge < -0.3 is 5.32 Å². The number of carbonyl (C=O) groups is 1. The maximum absolute atomic E-state index is 11.9. The molecule has 0 saturated carbocycles. The van der Waals surface area contributed by atoms with Crippen molar-refractivity contribution >= 4 is 5.91 Å². The molecule has 2 rings (SSSR count). The molecule has 1 N–H and O–H groups in total. The Hall–Kier alpha value is -2.16. The number of carbonyl (C=O) groups excluding carboxylic acids is 1. The number of nitrogens with one attached hydrogen (secondary N) is 1. The molecular formula is C14H14N2O. The van der Waals surface area contributed by atoms with Crippen LogP contribution in [0.25, 0.3) is 0 Å². The average molecular weight is 226 g/mol. The normalized spacial score (nSPS) is 11.8. The van der Waals surface area contributed by atoms with Crippen LogP contribution in [0.3, 0.4) is 0 Å². The van der Waals surface area contributed by atoms with Gasteiger partial charge in [0.05, 0.1) is 6.04 Å². The zero-order valence-corrected chi connectivity index (χ0v) is 9.63. The van der Waals surface area contributed by atoms with Crippen molar-refractivity contribution in [1.29, 1.82) is 0 Å². The highest BCUT2D eigenvalue weighted by Crippen LogP contribution is 2.11. The van der Waals surface area contributed by atoms with Crippen molar-refractivity contribution in [2.45, 2.75) is 13.0 Å². The predicted octanol–water partition coefficient (Wildman–Crippen LogP) is 2.57. The Morgan fingerprint density at radius 1 is 1.18 bits per heavy atom. The van der Waals surface area contributed by atoms with E-state index in [4.69, 9.17) is 0 Å². The molecule has 0 aliphatic carbocycles. The number of hydrogen-bond acceptors (Lipinski definition) is 2. The van der Waals surface area contributed by atoms with Crippen LogP contribution in [0.2, 0.25) is 0 Å². The first-order chi connectivity index (χ1) is 8.27. The van der Waals surface area contributed by atoms with Crippen LogP contribution in [-0.2, 0) is 0 Å². The predicted molar refractivity (Wildman–Crippen MR) is 66.6 cm³/mol. The molecule has 2 aromatic rings. The summed E-state index contributed by atoms with van der Waals surface area (Å²) in [6, 6.07) is 12.9. The number of pyridine rings is 1. The molecule has 0 aliphatic heterocycles. The highest BCUT2D eigenvalue weighted by molar-refractivity contribution is 5.94. The lowest BCUT2D eigenvalue weighted by Crippen LogP contribution is -2.26. The minimum absolute atomic E-state index is 0.0450. The van der Waals surface area contributed by atoms with Gasteiger partial charge in [-0.25, -0.2) is 0 Å². The maximum Gasteiger partial charge on any atom is 0.251 e. The third kappa shape index (κ3) is 2.91. The van der Waals surface area contributed by atoms with Gasteiger partial charge in [0.2, 0.25) is 0 Å². The van der Waals surface area contributed by atoms with Gasteiger partial charge in [-0.3, -0.25) is 9.78 Å². The molecule has 1 aromatic heterocycles. The number of nitrogens with zero attached hydrogens (tertiary/aromatic N) is 1. The minimum Gasteiger partial charge on any atom is -0.345 e. The Balaban J connectivity index is 2.05. The van der Waals surface area contributed by atoms with Gasteiger partial charge in [0.1, 0.15) is 0 Å². The largest absolute Gasteiger partial charge is 0.345 e. The molecular weight excluding hydrogens is 212 g/mol. The maximum atomic E-state index is 11.9. The molecule has 0 spiro atoms. The zero-order chi connectivity index (χ0) is 12.1. The van der Waals surface area contributed by atoms with E-state index in [1.165, 1.54) is 0 Å². The molecule has 3 nitrogen and oxygen atoms in total. The second-order valence-electron chi connectivity index (χ2n) is 3.85. The van der Waals surface area contributed by atoms with E-state index in [1.54, 1.807) is 24.5 Å². The van der Waals surface area contributed by atoms with E-state index >= 15 is 0 Å². The Morgan fingerprint density at radius 3 is 2.59 bits per heavy atom. The van der Waals surface area contributed by atoms with Crippen molar-refractivity contribution in [1.82, 2.24) is 10.3 Å². The summed E-state index contributed by atoms with van der Waals surface area (Å²) >= 11 is 0. The zero-order valence-electron chi connectivity index (χ0n) is 9.63. The van der Waals surface area contributed by atoms with Crippen LogP contribution < -0.4 is 5.32 Å². The Morgan fingerprint density at radius 2 is 1.94 bits per heavy atom. The van der Waals surface area contributed by atoms with Gasteiger partial charge in [-0.15, -0.1) is 0 Å². The third-order valence-electron chi connectivity index (χ3n) is 2.57. The summed E-state index contributed by atoms with van der Waals surface area (Å²) in [6.07, 6.45) is 3.48. The van der Waals surface area contributed by atoms with Gasteiger partial charge in [0.15, 0.2) is 0 Å². The van der Waals surface area contributed by atoms with Crippen LogP contribution in [-0.4, -0.2) is 10.9 Å². The fourth-order valence-corrected chi connectivity index (χ4v) is 1.58. The van der Waals surface area contributed by atoms with Crippen molar-refractivity contribution in [3.05, 3.63) is 66.0 Å². The monoisotopic (exact) mass is 226 g/mol. The number of aromatic nitrogens is 1. The first kappa shape index (κ1) is 11.3. The van der Waals surface area contributed by atoms with Crippen molar-refractivity contribution in [2.75, 3.05) is 0 Å². The van der Waals surface area contributed by atoms with Crippen molar-refractivity contribution in [3.8, 4) is 0 Å². The van der Waals surface area contributed by atoms with Gasteiger partial charge >= 0.3 is 0 Å². The summed E-state index contributed by atoms with van der Waals surface area (Å²) in [4.78, 5) is 15.9. The summed E-state index contributed by atoms with van der Waals surface area (Å²) in [5, 5.41) is 2.93. The van der Waals surface area contributed by atoms with Crippen molar-refractivity contribution < 1.29 is 4.79 Å². The van der Waals surface area contributed by atoms with Crippen LogP contribution in [0.1, 0.15) is 28.9 Å². The molecule has 0 bridgehead atoms. The van der Waals surface area contributed by atoms with E-state index in [0.717, 1.165) is 5.56 Å². The highest BCUT2D eigenvalue weighted by atomic mass is 16.1. The number of amides is 1. The van der Waals surface area contributed by atoms with Gasteiger partial charge in [-0.2, -0.15) is 0 Å². The van der Waals surface area contributed by atoms with Crippen LogP contribution in [0.15, 0.2) is 54.9 Å². The van der Waals surface area contributed by atoms with Crippen molar-refractivity contribution in [2.24, 2.45) is 0 Å². The van der Waals surface area contributed by atoms with E-state index < -0.39 is 0 Å². The quantitative estimate of drug-likeness (QED) is 0.874. The molecule has 0 radical (unpaired) electrons. The summed E-state index contributed by atoms with van der Waals surface area (Å²) in [5.41, 5.74) is 1.67. The molecule has 17 heavy (non-hydrogen) atoms. The van der Waals surface area contributed by atoms with E-state index in [1.807, 2.05) is 37.3 Å². The fraction of sp³-hybridized carbons (Fsp3) is 0.143. The molecule has 3 heteroatoms. The summed E-state index contributed by atoms with van der Waals surface area (Å²) in [7, 11) is 0. The van der Waals surface area contributed by atoms with Gasteiger partial charge in [0, 0.05) is 18.0 Å². The summed E-state index contributed by atoms with van der Waals surface area (Å²) < 4.78 is 0.